The summed E-state index contributed by atoms with van der Waals surface area (Å²) in [5.41, 5.74) is -0.260. The first-order valence-electron chi connectivity index (χ1n) is 5.25. The molecule has 86 valence electrons. The van der Waals surface area contributed by atoms with Crippen LogP contribution in [0.1, 0.15) is 19.4 Å². The van der Waals surface area contributed by atoms with E-state index in [0.717, 1.165) is 0 Å². The van der Waals surface area contributed by atoms with E-state index in [1.54, 1.807) is 24.3 Å². The molecule has 0 aliphatic rings. The van der Waals surface area contributed by atoms with E-state index in [1.165, 1.54) is 6.07 Å². The van der Waals surface area contributed by atoms with Gasteiger partial charge >= 0.3 is 5.63 Å². The molecule has 0 saturated heterocycles. The van der Waals surface area contributed by atoms with Crippen molar-refractivity contribution in [1.29, 1.82) is 5.26 Å². The van der Waals surface area contributed by atoms with Gasteiger partial charge in [-0.15, -0.1) is 0 Å². The summed E-state index contributed by atoms with van der Waals surface area (Å²) in [5, 5.41) is 9.43. The van der Waals surface area contributed by atoms with Gasteiger partial charge < -0.3 is 9.15 Å². The van der Waals surface area contributed by atoms with Crippen molar-refractivity contribution in [3.63, 3.8) is 0 Å². The first-order chi connectivity index (χ1) is 8.11. The summed E-state index contributed by atoms with van der Waals surface area (Å²) in [6.45, 7) is 3.78. The number of nitrogens with zero attached hydrogens (tertiary/aromatic N) is 1. The van der Waals surface area contributed by atoms with E-state index in [0.29, 0.717) is 16.7 Å². The zero-order chi connectivity index (χ0) is 12.4. The zero-order valence-electron chi connectivity index (χ0n) is 9.56. The Kier molecular flexibility index (Phi) is 2.84. The lowest BCUT2D eigenvalue weighted by Gasteiger charge is -2.10. The van der Waals surface area contributed by atoms with Crippen molar-refractivity contribution >= 4 is 11.0 Å². The number of rotatable bonds is 2. The van der Waals surface area contributed by atoms with Crippen LogP contribution in [-0.4, -0.2) is 6.10 Å². The monoisotopic (exact) mass is 229 g/mol. The van der Waals surface area contributed by atoms with Crippen molar-refractivity contribution in [1.82, 2.24) is 0 Å². The highest BCUT2D eigenvalue weighted by Crippen LogP contribution is 2.25. The fourth-order valence-electron chi connectivity index (χ4n) is 1.54. The summed E-state index contributed by atoms with van der Waals surface area (Å²) in [7, 11) is 0. The van der Waals surface area contributed by atoms with Crippen molar-refractivity contribution in [2.45, 2.75) is 20.0 Å². The maximum atomic E-state index is 11.5. The fourth-order valence-corrected chi connectivity index (χ4v) is 1.54. The summed E-state index contributed by atoms with van der Waals surface area (Å²) < 4.78 is 10.7. The molecule has 2 rings (SSSR count). The first kappa shape index (κ1) is 11.2. The lowest BCUT2D eigenvalue weighted by atomic mass is 10.2. The van der Waals surface area contributed by atoms with Crippen LogP contribution >= 0.6 is 0 Å². The second-order valence-corrected chi connectivity index (χ2v) is 3.90. The molecule has 0 saturated carbocycles. The van der Waals surface area contributed by atoms with Crippen LogP contribution in [0.4, 0.5) is 0 Å². The van der Waals surface area contributed by atoms with Crippen molar-refractivity contribution in [3.05, 3.63) is 40.2 Å². The quantitative estimate of drug-likeness (QED) is 0.742. The minimum absolute atomic E-state index is 0.000744. The first-order valence-corrected chi connectivity index (χ1v) is 5.25. The molecule has 17 heavy (non-hydrogen) atoms. The number of hydrogen-bond donors (Lipinski definition) is 0. The Morgan fingerprint density at radius 3 is 2.82 bits per heavy atom. The molecule has 0 atom stereocenters. The minimum Gasteiger partial charge on any atom is -0.487 e. The molecule has 1 heterocycles. The zero-order valence-corrected chi connectivity index (χ0v) is 9.56. The molecular weight excluding hydrogens is 218 g/mol. The summed E-state index contributed by atoms with van der Waals surface area (Å²) >= 11 is 0. The van der Waals surface area contributed by atoms with Gasteiger partial charge in [0.05, 0.1) is 6.10 Å². The van der Waals surface area contributed by atoms with Gasteiger partial charge in [-0.05, 0) is 26.0 Å². The van der Waals surface area contributed by atoms with Crippen LogP contribution in [0.2, 0.25) is 0 Å². The Labute approximate surface area is 98.0 Å². The van der Waals surface area contributed by atoms with Crippen LogP contribution in [0, 0.1) is 11.3 Å². The molecule has 0 spiro atoms. The lowest BCUT2D eigenvalue weighted by Crippen LogP contribution is -2.08. The SMILES string of the molecule is CC(C)Oc1cccc2cc(C#N)c(=O)oc12. The Morgan fingerprint density at radius 1 is 1.41 bits per heavy atom. The van der Waals surface area contributed by atoms with Gasteiger partial charge in [-0.2, -0.15) is 5.26 Å². The molecule has 0 fully saturated rings. The molecule has 0 unspecified atom stereocenters. The Balaban J connectivity index is 2.69. The highest BCUT2D eigenvalue weighted by atomic mass is 16.5. The standard InChI is InChI=1S/C13H11NO3/c1-8(2)16-11-5-3-4-9-6-10(7-14)13(15)17-12(9)11/h3-6,8H,1-2H3. The number of fused-ring (bicyclic) bond motifs is 1. The van der Waals surface area contributed by atoms with Crippen LogP contribution < -0.4 is 10.4 Å². The van der Waals surface area contributed by atoms with E-state index in [2.05, 4.69) is 0 Å². The maximum absolute atomic E-state index is 11.5. The number of nitriles is 1. The predicted molar refractivity (Wildman–Crippen MR) is 63.0 cm³/mol. The molecule has 0 N–H and O–H groups in total. The minimum atomic E-state index is -0.639. The van der Waals surface area contributed by atoms with Gasteiger partial charge in [-0.3, -0.25) is 0 Å². The molecule has 1 aromatic heterocycles. The van der Waals surface area contributed by atoms with Crippen LogP contribution in [0.25, 0.3) is 11.0 Å². The second-order valence-electron chi connectivity index (χ2n) is 3.90. The van der Waals surface area contributed by atoms with E-state index in [1.807, 2.05) is 13.8 Å². The molecule has 0 aliphatic carbocycles. The van der Waals surface area contributed by atoms with Gasteiger partial charge in [0.2, 0.25) is 0 Å². The molecule has 1 aromatic carbocycles. The Hall–Kier alpha value is -2.28. The third kappa shape index (κ3) is 2.13. The summed E-state index contributed by atoms with van der Waals surface area (Å²) in [6, 6.07) is 8.61. The molecular formula is C13H11NO3. The van der Waals surface area contributed by atoms with Gasteiger partial charge in [-0.25, -0.2) is 4.79 Å². The summed E-state index contributed by atoms with van der Waals surface area (Å²) in [5.74, 6) is 0.513. The predicted octanol–water partition coefficient (Wildman–Crippen LogP) is 2.45. The Bertz CT molecular complexity index is 650. The number of hydrogen-bond acceptors (Lipinski definition) is 4. The molecule has 0 radical (unpaired) electrons. The summed E-state index contributed by atoms with van der Waals surface area (Å²) in [4.78, 5) is 11.5. The van der Waals surface area contributed by atoms with Gasteiger partial charge in [0.25, 0.3) is 0 Å². The van der Waals surface area contributed by atoms with Crippen molar-refractivity contribution in [2.24, 2.45) is 0 Å². The topological polar surface area (TPSA) is 63.2 Å². The average molecular weight is 229 g/mol. The van der Waals surface area contributed by atoms with Crippen molar-refractivity contribution in [3.8, 4) is 11.8 Å². The van der Waals surface area contributed by atoms with Crippen molar-refractivity contribution in [2.75, 3.05) is 0 Å². The average Bonchev–Trinajstić information content (AvgIpc) is 2.28. The molecule has 0 amide bonds. The van der Waals surface area contributed by atoms with Crippen LogP contribution in [-0.2, 0) is 0 Å². The maximum Gasteiger partial charge on any atom is 0.354 e. The van der Waals surface area contributed by atoms with E-state index >= 15 is 0 Å². The summed E-state index contributed by atoms with van der Waals surface area (Å²) in [6.07, 6.45) is -0.0125. The van der Waals surface area contributed by atoms with E-state index in [4.69, 9.17) is 14.4 Å². The molecule has 0 bridgehead atoms. The lowest BCUT2D eigenvalue weighted by molar-refractivity contribution is 0.241. The normalized spacial score (nSPS) is 10.5. The largest absolute Gasteiger partial charge is 0.487 e. The van der Waals surface area contributed by atoms with Gasteiger partial charge in [-0.1, -0.05) is 12.1 Å². The van der Waals surface area contributed by atoms with Crippen LogP contribution in [0.3, 0.4) is 0 Å². The third-order valence-electron chi connectivity index (χ3n) is 2.21. The highest BCUT2D eigenvalue weighted by molar-refractivity contribution is 5.83. The van der Waals surface area contributed by atoms with E-state index in [-0.39, 0.29) is 11.7 Å². The molecule has 0 aliphatic heterocycles. The van der Waals surface area contributed by atoms with Crippen LogP contribution in [0.5, 0.6) is 5.75 Å². The molecule has 2 aromatic rings. The molecule has 4 nitrogen and oxygen atoms in total. The Morgan fingerprint density at radius 2 is 2.18 bits per heavy atom. The smallest absolute Gasteiger partial charge is 0.354 e. The fraction of sp³-hybridized carbons (Fsp3) is 0.231. The van der Waals surface area contributed by atoms with E-state index < -0.39 is 5.63 Å². The second kappa shape index (κ2) is 4.30. The van der Waals surface area contributed by atoms with E-state index in [9.17, 15) is 4.79 Å². The third-order valence-corrected chi connectivity index (χ3v) is 2.21. The van der Waals surface area contributed by atoms with Gasteiger partial charge in [0.15, 0.2) is 11.3 Å². The highest BCUT2D eigenvalue weighted by Gasteiger charge is 2.10. The number of benzene rings is 1. The van der Waals surface area contributed by atoms with Gasteiger partial charge in [0.1, 0.15) is 11.6 Å². The van der Waals surface area contributed by atoms with Gasteiger partial charge in [0, 0.05) is 5.39 Å². The van der Waals surface area contributed by atoms with Crippen LogP contribution in [0.15, 0.2) is 33.5 Å². The number of para-hydroxylation sites is 1. The molecule has 4 heteroatoms. The van der Waals surface area contributed by atoms with Crippen molar-refractivity contribution < 1.29 is 9.15 Å². The number of ether oxygens (including phenoxy) is 1.